The lowest BCUT2D eigenvalue weighted by molar-refractivity contribution is -0.386. The molecule has 12 heteroatoms. The second-order valence-electron chi connectivity index (χ2n) is 8.80. The molecule has 0 saturated heterocycles. The van der Waals surface area contributed by atoms with E-state index in [0.29, 0.717) is 38.6 Å². The first-order chi connectivity index (χ1) is 19.2. The van der Waals surface area contributed by atoms with Gasteiger partial charge < -0.3 is 15.2 Å². The highest BCUT2D eigenvalue weighted by atomic mass is 79.9. The van der Waals surface area contributed by atoms with Gasteiger partial charge in [0.2, 0.25) is 5.75 Å². The van der Waals surface area contributed by atoms with Crippen molar-refractivity contribution >= 4 is 50.6 Å². The molecule has 4 aromatic rings. The highest BCUT2D eigenvalue weighted by Crippen LogP contribution is 2.35. The molecule has 0 radical (unpaired) electrons. The molecule has 0 spiro atoms. The van der Waals surface area contributed by atoms with Crippen molar-refractivity contribution in [2.24, 2.45) is 4.99 Å². The maximum atomic E-state index is 13.8. The third-order valence-corrected chi connectivity index (χ3v) is 7.88. The number of aromatic hydroxyl groups is 1. The van der Waals surface area contributed by atoms with Crippen LogP contribution in [-0.4, -0.2) is 27.6 Å². The minimum atomic E-state index is -0.797. The number of rotatable bonds is 6. The first-order valence-electron chi connectivity index (χ1n) is 11.9. The number of amides is 1. The summed E-state index contributed by atoms with van der Waals surface area (Å²) in [5.41, 5.74) is 1.43. The van der Waals surface area contributed by atoms with E-state index in [-0.39, 0.29) is 9.01 Å². The Morgan fingerprint density at radius 1 is 1.20 bits per heavy atom. The SMILES string of the molecule is COc1ccc([C@H]2C(C(=O)Nc3ccccc3)=C(C)N=c3s/c(=C/c4cc(Br)c(O)c([N+](=O)[O-])c4)c(=O)n32)cc1. The molecule has 1 amide bonds. The van der Waals surface area contributed by atoms with Gasteiger partial charge in [0.25, 0.3) is 11.5 Å². The lowest BCUT2D eigenvalue weighted by Crippen LogP contribution is -2.40. The summed E-state index contributed by atoms with van der Waals surface area (Å²) in [5, 5.41) is 24.3. The van der Waals surface area contributed by atoms with E-state index in [0.717, 1.165) is 11.3 Å². The molecule has 0 unspecified atom stereocenters. The number of aromatic nitrogens is 1. The molecular weight excluding hydrogens is 600 g/mol. The minimum Gasteiger partial charge on any atom is -0.501 e. The number of anilines is 1. The summed E-state index contributed by atoms with van der Waals surface area (Å²) in [6, 6.07) is 17.9. The molecule has 1 atom stereocenters. The largest absolute Gasteiger partial charge is 0.501 e. The van der Waals surface area contributed by atoms with Crippen LogP contribution in [0.3, 0.4) is 0 Å². The molecule has 2 N–H and O–H groups in total. The molecule has 40 heavy (non-hydrogen) atoms. The summed E-state index contributed by atoms with van der Waals surface area (Å²) in [6.07, 6.45) is 1.50. The number of hydrogen-bond donors (Lipinski definition) is 2. The van der Waals surface area contributed by atoms with E-state index in [1.54, 1.807) is 62.6 Å². The lowest BCUT2D eigenvalue weighted by Gasteiger charge is -2.25. The van der Waals surface area contributed by atoms with Gasteiger partial charge in [-0.1, -0.05) is 41.7 Å². The van der Waals surface area contributed by atoms with Crippen molar-refractivity contribution in [3.8, 4) is 11.5 Å². The zero-order chi connectivity index (χ0) is 28.6. The highest BCUT2D eigenvalue weighted by Gasteiger charge is 2.32. The number of methoxy groups -OCH3 is 1. The Bertz CT molecular complexity index is 1860. The van der Waals surface area contributed by atoms with E-state index in [1.165, 1.54) is 22.8 Å². The molecule has 0 aliphatic carbocycles. The molecule has 5 rings (SSSR count). The number of allylic oxidation sites excluding steroid dienone is 1. The number of halogens is 1. The molecular formula is C28H21BrN4O6S. The smallest absolute Gasteiger partial charge is 0.312 e. The van der Waals surface area contributed by atoms with Crippen molar-refractivity contribution in [3.63, 3.8) is 0 Å². The quantitative estimate of drug-likeness (QED) is 0.244. The Morgan fingerprint density at radius 2 is 1.90 bits per heavy atom. The first kappa shape index (κ1) is 27.0. The zero-order valence-electron chi connectivity index (χ0n) is 21.1. The predicted octanol–water partition coefficient (Wildman–Crippen LogP) is 4.26. The number of ether oxygens (including phenoxy) is 1. The number of thiazole rings is 1. The van der Waals surface area contributed by atoms with Crippen molar-refractivity contribution < 1.29 is 19.6 Å². The fourth-order valence-electron chi connectivity index (χ4n) is 4.41. The fraction of sp³-hybridized carbons (Fsp3) is 0.107. The maximum Gasteiger partial charge on any atom is 0.312 e. The molecule has 0 bridgehead atoms. The van der Waals surface area contributed by atoms with Crippen molar-refractivity contribution in [2.45, 2.75) is 13.0 Å². The molecule has 202 valence electrons. The molecule has 2 heterocycles. The summed E-state index contributed by atoms with van der Waals surface area (Å²) in [5.74, 6) is -0.292. The molecule has 3 aromatic carbocycles. The normalized spacial score (nSPS) is 14.9. The average Bonchev–Trinajstić information content (AvgIpc) is 3.24. The lowest BCUT2D eigenvalue weighted by atomic mass is 9.95. The Labute approximate surface area is 239 Å². The number of nitro benzene ring substituents is 1. The second kappa shape index (κ2) is 10.9. The van der Waals surface area contributed by atoms with Crippen LogP contribution in [0.15, 0.2) is 92.3 Å². The number of nitrogens with zero attached hydrogens (tertiary/aromatic N) is 3. The number of phenols is 1. The Morgan fingerprint density at radius 3 is 2.55 bits per heavy atom. The number of para-hydroxylation sites is 1. The van der Waals surface area contributed by atoms with Gasteiger partial charge in [0, 0.05) is 11.8 Å². The number of fused-ring (bicyclic) bond motifs is 1. The predicted molar refractivity (Wildman–Crippen MR) is 154 cm³/mol. The van der Waals surface area contributed by atoms with Gasteiger partial charge in [0.05, 0.1) is 38.4 Å². The summed E-state index contributed by atoms with van der Waals surface area (Å²) < 4.78 is 7.11. The van der Waals surface area contributed by atoms with Crippen LogP contribution >= 0.6 is 27.3 Å². The fourth-order valence-corrected chi connectivity index (χ4v) is 5.93. The van der Waals surface area contributed by atoms with Crippen LogP contribution in [0.4, 0.5) is 11.4 Å². The van der Waals surface area contributed by atoms with E-state index in [2.05, 4.69) is 26.2 Å². The van der Waals surface area contributed by atoms with Gasteiger partial charge in [-0.3, -0.25) is 24.3 Å². The molecule has 0 saturated carbocycles. The third-order valence-electron chi connectivity index (χ3n) is 6.29. The topological polar surface area (TPSA) is 136 Å². The van der Waals surface area contributed by atoms with Crippen LogP contribution in [0.5, 0.6) is 11.5 Å². The number of carbonyl (C=O) groups is 1. The molecule has 1 aliphatic rings. The standard InChI is InChI=1S/C28H21BrN4O6S/c1-15-23(26(35)31-18-6-4-3-5-7-18)24(17-8-10-19(39-2)11-9-17)32-27(36)22(40-28(32)30-15)14-16-12-20(29)25(34)21(13-16)33(37)38/h3-14,24,34H,1-2H3,(H,31,35)/b22-14+/t24-/m0/s1. The highest BCUT2D eigenvalue weighted by molar-refractivity contribution is 9.10. The Hall–Kier alpha value is -4.55. The van der Waals surface area contributed by atoms with E-state index in [4.69, 9.17) is 4.74 Å². The van der Waals surface area contributed by atoms with Crippen molar-refractivity contribution in [3.05, 3.63) is 123 Å². The van der Waals surface area contributed by atoms with Crippen LogP contribution in [0.1, 0.15) is 24.1 Å². The van der Waals surface area contributed by atoms with Crippen LogP contribution in [0.2, 0.25) is 0 Å². The van der Waals surface area contributed by atoms with Crippen LogP contribution in [0, 0.1) is 10.1 Å². The molecule has 10 nitrogen and oxygen atoms in total. The summed E-state index contributed by atoms with van der Waals surface area (Å²) in [7, 11) is 1.55. The summed E-state index contributed by atoms with van der Waals surface area (Å²) in [6.45, 7) is 1.72. The van der Waals surface area contributed by atoms with Gasteiger partial charge in [-0.05, 0) is 70.4 Å². The van der Waals surface area contributed by atoms with E-state index in [9.17, 15) is 24.8 Å². The van der Waals surface area contributed by atoms with Gasteiger partial charge in [-0.25, -0.2) is 4.99 Å². The van der Waals surface area contributed by atoms with Crippen LogP contribution in [0.25, 0.3) is 6.08 Å². The third kappa shape index (κ3) is 5.06. The molecule has 1 aliphatic heterocycles. The Kier molecular flexibility index (Phi) is 7.37. The van der Waals surface area contributed by atoms with Crippen molar-refractivity contribution in [1.82, 2.24) is 4.57 Å². The number of phenolic OH excluding ortho intramolecular Hbond substituents is 1. The first-order valence-corrected chi connectivity index (χ1v) is 13.5. The van der Waals surface area contributed by atoms with Crippen molar-refractivity contribution in [1.29, 1.82) is 0 Å². The van der Waals surface area contributed by atoms with E-state index in [1.807, 2.05) is 6.07 Å². The monoisotopic (exact) mass is 620 g/mol. The van der Waals surface area contributed by atoms with Crippen LogP contribution < -0.4 is 24.9 Å². The molecule has 0 fully saturated rings. The van der Waals surface area contributed by atoms with Gasteiger partial charge in [-0.15, -0.1) is 0 Å². The number of hydrogen-bond acceptors (Lipinski definition) is 8. The summed E-state index contributed by atoms with van der Waals surface area (Å²) >= 11 is 4.23. The second-order valence-corrected chi connectivity index (χ2v) is 10.7. The van der Waals surface area contributed by atoms with E-state index >= 15 is 0 Å². The number of benzene rings is 3. The van der Waals surface area contributed by atoms with Gasteiger partial charge in [-0.2, -0.15) is 0 Å². The van der Waals surface area contributed by atoms with Gasteiger partial charge >= 0.3 is 5.69 Å². The average molecular weight is 621 g/mol. The molecule has 1 aromatic heterocycles. The Balaban J connectivity index is 1.68. The zero-order valence-corrected chi connectivity index (χ0v) is 23.5. The number of carbonyl (C=O) groups excluding carboxylic acids is 1. The van der Waals surface area contributed by atoms with Gasteiger partial charge in [0.15, 0.2) is 4.80 Å². The van der Waals surface area contributed by atoms with Gasteiger partial charge in [0.1, 0.15) is 5.75 Å². The van der Waals surface area contributed by atoms with E-state index < -0.39 is 33.9 Å². The number of nitrogens with one attached hydrogen (secondary N) is 1. The maximum absolute atomic E-state index is 13.8. The van der Waals surface area contributed by atoms with Crippen LogP contribution in [-0.2, 0) is 4.79 Å². The summed E-state index contributed by atoms with van der Waals surface area (Å²) in [4.78, 5) is 43.1. The minimum absolute atomic E-state index is 0.118. The van der Waals surface area contributed by atoms with Crippen molar-refractivity contribution in [2.75, 3.05) is 12.4 Å². The number of nitro groups is 1.